The normalized spacial score (nSPS) is 12.4. The molecule has 2 rings (SSSR count). The summed E-state index contributed by atoms with van der Waals surface area (Å²) in [6.07, 6.45) is 2.55. The van der Waals surface area contributed by atoms with E-state index in [0.29, 0.717) is 17.1 Å². The summed E-state index contributed by atoms with van der Waals surface area (Å²) in [5, 5.41) is 13.4. The van der Waals surface area contributed by atoms with Crippen LogP contribution in [0.1, 0.15) is 31.1 Å². The highest BCUT2D eigenvalue weighted by Crippen LogP contribution is 2.28. The van der Waals surface area contributed by atoms with Gasteiger partial charge >= 0.3 is 0 Å². The fourth-order valence-electron chi connectivity index (χ4n) is 2.61. The molecule has 1 heterocycles. The lowest BCUT2D eigenvalue weighted by atomic mass is 9.91. The number of aromatic nitrogens is 1. The number of aliphatic hydroxyl groups is 1. The smallest absolute Gasteiger partial charge is 0.224 e. The minimum absolute atomic E-state index is 0.173. The Hall–Kier alpha value is -2.60. The van der Waals surface area contributed by atoms with Crippen molar-refractivity contribution in [2.45, 2.75) is 31.9 Å². The van der Waals surface area contributed by atoms with Crippen molar-refractivity contribution in [1.82, 2.24) is 10.3 Å². The summed E-state index contributed by atoms with van der Waals surface area (Å²) in [5.74, 6) is 0.995. The van der Waals surface area contributed by atoms with Gasteiger partial charge in [-0.05, 0) is 49.2 Å². The van der Waals surface area contributed by atoms with Crippen molar-refractivity contribution in [1.29, 1.82) is 0 Å². The highest BCUT2D eigenvalue weighted by Gasteiger charge is 2.30. The third kappa shape index (κ3) is 4.70. The van der Waals surface area contributed by atoms with Crippen molar-refractivity contribution >= 4 is 5.91 Å². The number of rotatable bonds is 7. The van der Waals surface area contributed by atoms with Crippen LogP contribution in [0.3, 0.4) is 0 Å². The van der Waals surface area contributed by atoms with Gasteiger partial charge in [-0.1, -0.05) is 6.07 Å². The van der Waals surface area contributed by atoms with Crippen LogP contribution in [-0.2, 0) is 11.2 Å². The monoisotopic (exact) mass is 344 g/mol. The predicted octanol–water partition coefficient (Wildman–Crippen LogP) is 2.27. The fraction of sp³-hybridized carbons (Fsp3) is 0.368. The zero-order valence-corrected chi connectivity index (χ0v) is 14.9. The minimum Gasteiger partial charge on any atom is -0.493 e. The number of nitrogens with zero attached hydrogens (tertiary/aromatic N) is 1. The number of amides is 1. The van der Waals surface area contributed by atoms with Gasteiger partial charge in [0.05, 0.1) is 26.2 Å². The molecule has 1 amide bonds. The van der Waals surface area contributed by atoms with E-state index in [4.69, 9.17) is 9.47 Å². The molecule has 0 saturated heterocycles. The minimum atomic E-state index is -0.843. The molecule has 25 heavy (non-hydrogen) atoms. The number of nitrogens with one attached hydrogen (secondary N) is 1. The molecule has 0 aliphatic rings. The van der Waals surface area contributed by atoms with Gasteiger partial charge in [-0.3, -0.25) is 9.78 Å². The van der Waals surface area contributed by atoms with Gasteiger partial charge in [0.1, 0.15) is 6.10 Å². The van der Waals surface area contributed by atoms with Crippen LogP contribution in [0.25, 0.3) is 0 Å². The van der Waals surface area contributed by atoms with Crippen LogP contribution in [0.2, 0.25) is 0 Å². The predicted molar refractivity (Wildman–Crippen MR) is 94.7 cm³/mol. The summed E-state index contributed by atoms with van der Waals surface area (Å²) in [5.41, 5.74) is 0.672. The first-order valence-corrected chi connectivity index (χ1v) is 7.97. The Morgan fingerprint density at radius 3 is 2.40 bits per heavy atom. The van der Waals surface area contributed by atoms with Crippen molar-refractivity contribution in [3.8, 4) is 11.5 Å². The van der Waals surface area contributed by atoms with Gasteiger partial charge in [0.25, 0.3) is 0 Å². The van der Waals surface area contributed by atoms with E-state index >= 15 is 0 Å². The summed E-state index contributed by atoms with van der Waals surface area (Å²) in [6.45, 7) is 3.56. The lowest BCUT2D eigenvalue weighted by Gasteiger charge is -2.32. The molecule has 2 aromatic rings. The third-order valence-electron chi connectivity index (χ3n) is 3.98. The van der Waals surface area contributed by atoms with Crippen molar-refractivity contribution in [2.75, 3.05) is 14.2 Å². The Morgan fingerprint density at radius 1 is 1.16 bits per heavy atom. The summed E-state index contributed by atoms with van der Waals surface area (Å²) >= 11 is 0. The Balaban J connectivity index is 2.06. The molecule has 0 bridgehead atoms. The molecule has 0 aliphatic heterocycles. The molecule has 134 valence electrons. The first-order chi connectivity index (χ1) is 11.9. The number of ether oxygens (including phenoxy) is 2. The molecular weight excluding hydrogens is 320 g/mol. The molecule has 1 unspecified atom stereocenters. The van der Waals surface area contributed by atoms with Gasteiger partial charge in [0.2, 0.25) is 5.91 Å². The fourth-order valence-corrected chi connectivity index (χ4v) is 2.61. The van der Waals surface area contributed by atoms with Crippen LogP contribution in [0.15, 0.2) is 42.7 Å². The van der Waals surface area contributed by atoms with Crippen LogP contribution in [-0.4, -0.2) is 35.8 Å². The number of carbonyl (C=O) groups excluding carboxylic acids is 1. The van der Waals surface area contributed by atoms with Gasteiger partial charge in [-0.2, -0.15) is 0 Å². The van der Waals surface area contributed by atoms with Crippen LogP contribution < -0.4 is 14.8 Å². The second-order valence-corrected chi connectivity index (χ2v) is 6.32. The molecule has 1 aromatic carbocycles. The molecule has 6 nitrogen and oxygen atoms in total. The second kappa shape index (κ2) is 7.98. The zero-order chi connectivity index (χ0) is 18.4. The van der Waals surface area contributed by atoms with E-state index in [1.54, 1.807) is 64.7 Å². The first kappa shape index (κ1) is 18.7. The van der Waals surface area contributed by atoms with E-state index in [-0.39, 0.29) is 12.3 Å². The molecule has 0 spiro atoms. The summed E-state index contributed by atoms with van der Waals surface area (Å²) < 4.78 is 10.4. The average Bonchev–Trinajstić information content (AvgIpc) is 2.61. The molecule has 2 N–H and O–H groups in total. The lowest BCUT2D eigenvalue weighted by Crippen LogP contribution is -2.48. The van der Waals surface area contributed by atoms with Gasteiger partial charge in [0.15, 0.2) is 11.5 Å². The van der Waals surface area contributed by atoms with E-state index in [2.05, 4.69) is 10.3 Å². The van der Waals surface area contributed by atoms with E-state index in [1.807, 2.05) is 6.07 Å². The SMILES string of the molecule is COc1ccc(CC(=O)NC(C)(C)C(O)c2ccncc2)cc1OC. The topological polar surface area (TPSA) is 80.7 Å². The van der Waals surface area contributed by atoms with Crippen molar-refractivity contribution < 1.29 is 19.4 Å². The summed E-state index contributed by atoms with van der Waals surface area (Å²) in [6, 6.07) is 8.80. The Bertz CT molecular complexity index is 717. The Kier molecular flexibility index (Phi) is 5.98. The van der Waals surface area contributed by atoms with Crippen molar-refractivity contribution in [2.24, 2.45) is 0 Å². The molecular formula is C19H24N2O4. The third-order valence-corrected chi connectivity index (χ3v) is 3.98. The van der Waals surface area contributed by atoms with Gasteiger partial charge in [-0.25, -0.2) is 0 Å². The molecule has 1 atom stereocenters. The van der Waals surface area contributed by atoms with Crippen LogP contribution >= 0.6 is 0 Å². The number of methoxy groups -OCH3 is 2. The number of carbonyl (C=O) groups is 1. The number of benzene rings is 1. The summed E-state index contributed by atoms with van der Waals surface area (Å²) in [7, 11) is 3.11. The van der Waals surface area contributed by atoms with Gasteiger partial charge < -0.3 is 19.9 Å². The Labute approximate surface area is 147 Å². The van der Waals surface area contributed by atoms with Crippen molar-refractivity contribution in [3.63, 3.8) is 0 Å². The quantitative estimate of drug-likeness (QED) is 0.805. The molecule has 1 aromatic heterocycles. The highest BCUT2D eigenvalue weighted by molar-refractivity contribution is 5.79. The summed E-state index contributed by atoms with van der Waals surface area (Å²) in [4.78, 5) is 16.3. The molecule has 0 aliphatic carbocycles. The van der Waals surface area contributed by atoms with Crippen LogP contribution in [0, 0.1) is 0 Å². The van der Waals surface area contributed by atoms with Crippen LogP contribution in [0.5, 0.6) is 11.5 Å². The van der Waals surface area contributed by atoms with E-state index in [0.717, 1.165) is 5.56 Å². The maximum Gasteiger partial charge on any atom is 0.224 e. The van der Waals surface area contributed by atoms with E-state index in [9.17, 15) is 9.90 Å². The number of hydrogen-bond donors (Lipinski definition) is 2. The van der Waals surface area contributed by atoms with E-state index in [1.165, 1.54) is 0 Å². The standard InChI is InChI=1S/C19H24N2O4/c1-19(2,18(23)14-7-9-20-10-8-14)21-17(22)12-13-5-6-15(24-3)16(11-13)25-4/h5-11,18,23H,12H2,1-4H3,(H,21,22). The highest BCUT2D eigenvalue weighted by atomic mass is 16.5. The van der Waals surface area contributed by atoms with E-state index < -0.39 is 11.6 Å². The first-order valence-electron chi connectivity index (χ1n) is 7.97. The van der Waals surface area contributed by atoms with Crippen molar-refractivity contribution in [3.05, 3.63) is 53.9 Å². The number of hydrogen-bond acceptors (Lipinski definition) is 5. The van der Waals surface area contributed by atoms with Gasteiger partial charge in [0, 0.05) is 12.4 Å². The van der Waals surface area contributed by atoms with Gasteiger partial charge in [-0.15, -0.1) is 0 Å². The zero-order valence-electron chi connectivity index (χ0n) is 14.9. The molecule has 6 heteroatoms. The maximum atomic E-state index is 12.4. The maximum absolute atomic E-state index is 12.4. The number of pyridine rings is 1. The number of aliphatic hydroxyl groups excluding tert-OH is 1. The molecule has 0 saturated carbocycles. The average molecular weight is 344 g/mol. The molecule has 0 fully saturated rings. The largest absolute Gasteiger partial charge is 0.493 e. The van der Waals surface area contributed by atoms with Crippen LogP contribution in [0.4, 0.5) is 0 Å². The second-order valence-electron chi connectivity index (χ2n) is 6.32. The molecule has 0 radical (unpaired) electrons. The lowest BCUT2D eigenvalue weighted by molar-refractivity contribution is -0.123. The Morgan fingerprint density at radius 2 is 1.80 bits per heavy atom.